The van der Waals surface area contributed by atoms with Crippen molar-refractivity contribution in [1.82, 2.24) is 19.9 Å². The van der Waals surface area contributed by atoms with Crippen LogP contribution in [0.1, 0.15) is 5.56 Å². The first-order chi connectivity index (χ1) is 9.56. The molecule has 3 rings (SSSR count). The molecule has 2 heterocycles. The zero-order valence-electron chi connectivity index (χ0n) is 10.8. The number of hydrogen-bond donors (Lipinski definition) is 3. The minimum Gasteiger partial charge on any atom is -0.382 e. The first kappa shape index (κ1) is 12.1. The highest BCUT2D eigenvalue weighted by Crippen LogP contribution is 2.28. The number of nitrogens with two attached hydrogens (primary N) is 3. The molecular weight excluding hydrogens is 254 g/mol. The van der Waals surface area contributed by atoms with Crippen LogP contribution in [0.4, 0.5) is 17.6 Å². The van der Waals surface area contributed by atoms with Gasteiger partial charge in [0.2, 0.25) is 5.95 Å². The highest BCUT2D eigenvalue weighted by atomic mass is 15.1. The highest BCUT2D eigenvalue weighted by molar-refractivity contribution is 5.87. The summed E-state index contributed by atoms with van der Waals surface area (Å²) in [5.41, 5.74) is 20.5. The van der Waals surface area contributed by atoms with Crippen LogP contribution in [0.5, 0.6) is 0 Å². The number of nitrogens with zero attached hydrogens (tertiary/aromatic N) is 4. The summed E-state index contributed by atoms with van der Waals surface area (Å²) in [5.74, 6) is 0.520. The summed E-state index contributed by atoms with van der Waals surface area (Å²) in [7, 11) is 0. The van der Waals surface area contributed by atoms with Gasteiger partial charge in [-0.25, -0.2) is 9.97 Å². The van der Waals surface area contributed by atoms with E-state index >= 15 is 0 Å². The number of nitrogen functional groups attached to an aromatic ring is 3. The lowest BCUT2D eigenvalue weighted by Gasteiger charge is -2.09. The molecule has 0 spiro atoms. The summed E-state index contributed by atoms with van der Waals surface area (Å²) in [6.45, 7) is 1.98. The van der Waals surface area contributed by atoms with Gasteiger partial charge in [0.15, 0.2) is 22.8 Å². The van der Waals surface area contributed by atoms with Gasteiger partial charge < -0.3 is 17.2 Å². The van der Waals surface area contributed by atoms with Gasteiger partial charge in [0, 0.05) is 5.56 Å². The third-order valence-electron chi connectivity index (χ3n) is 3.00. The SMILES string of the molecule is Cc1ccccc1-c1nc2c(N)nc(N)nc2nc1N. The second-order valence-electron chi connectivity index (χ2n) is 4.41. The maximum Gasteiger partial charge on any atom is 0.224 e. The number of aryl methyl sites for hydroxylation is 1. The van der Waals surface area contributed by atoms with Crippen molar-refractivity contribution in [3.05, 3.63) is 29.8 Å². The Morgan fingerprint density at radius 1 is 0.850 bits per heavy atom. The number of rotatable bonds is 1. The summed E-state index contributed by atoms with van der Waals surface area (Å²) in [4.78, 5) is 16.5. The Bertz CT molecular complexity index is 813. The molecule has 100 valence electrons. The molecule has 0 saturated carbocycles. The van der Waals surface area contributed by atoms with E-state index in [1.54, 1.807) is 0 Å². The minimum absolute atomic E-state index is 0.0485. The van der Waals surface area contributed by atoms with Crippen LogP contribution < -0.4 is 17.2 Å². The molecule has 6 N–H and O–H groups in total. The second kappa shape index (κ2) is 4.30. The van der Waals surface area contributed by atoms with Gasteiger partial charge in [0.05, 0.1) is 0 Å². The van der Waals surface area contributed by atoms with Crippen LogP contribution in [0.15, 0.2) is 24.3 Å². The molecule has 0 aliphatic rings. The van der Waals surface area contributed by atoms with Gasteiger partial charge in [-0.1, -0.05) is 24.3 Å². The average Bonchev–Trinajstić information content (AvgIpc) is 2.39. The molecule has 2 aromatic heterocycles. The van der Waals surface area contributed by atoms with Gasteiger partial charge in [-0.15, -0.1) is 0 Å². The molecule has 7 nitrogen and oxygen atoms in total. The zero-order chi connectivity index (χ0) is 14.3. The van der Waals surface area contributed by atoms with Gasteiger partial charge in [0.25, 0.3) is 0 Å². The third-order valence-corrected chi connectivity index (χ3v) is 3.00. The fourth-order valence-corrected chi connectivity index (χ4v) is 2.04. The van der Waals surface area contributed by atoms with Crippen molar-refractivity contribution in [3.8, 4) is 11.3 Å². The molecule has 0 atom stereocenters. The van der Waals surface area contributed by atoms with E-state index in [0.29, 0.717) is 16.9 Å². The van der Waals surface area contributed by atoms with E-state index in [1.165, 1.54) is 0 Å². The van der Waals surface area contributed by atoms with Crippen LogP contribution in [0.25, 0.3) is 22.4 Å². The lowest BCUT2D eigenvalue weighted by atomic mass is 10.1. The predicted molar refractivity (Wildman–Crippen MR) is 78.5 cm³/mol. The van der Waals surface area contributed by atoms with Crippen LogP contribution in [-0.2, 0) is 0 Å². The van der Waals surface area contributed by atoms with E-state index in [1.807, 2.05) is 31.2 Å². The summed E-state index contributed by atoms with van der Waals surface area (Å²) in [5, 5.41) is 0. The molecule has 0 amide bonds. The smallest absolute Gasteiger partial charge is 0.224 e. The van der Waals surface area contributed by atoms with E-state index < -0.39 is 0 Å². The van der Waals surface area contributed by atoms with E-state index in [9.17, 15) is 0 Å². The van der Waals surface area contributed by atoms with Crippen LogP contribution in [0.2, 0.25) is 0 Å². The number of anilines is 3. The Morgan fingerprint density at radius 2 is 1.60 bits per heavy atom. The molecule has 20 heavy (non-hydrogen) atoms. The Labute approximate surface area is 114 Å². The van der Waals surface area contributed by atoms with Crippen molar-refractivity contribution in [2.75, 3.05) is 17.2 Å². The van der Waals surface area contributed by atoms with Crippen molar-refractivity contribution in [2.45, 2.75) is 6.92 Å². The summed E-state index contributed by atoms with van der Waals surface area (Å²) >= 11 is 0. The lowest BCUT2D eigenvalue weighted by molar-refractivity contribution is 1.17. The molecule has 0 aliphatic heterocycles. The molecule has 0 fully saturated rings. The molecule has 7 heteroatoms. The van der Waals surface area contributed by atoms with Crippen molar-refractivity contribution < 1.29 is 0 Å². The van der Waals surface area contributed by atoms with Crippen molar-refractivity contribution in [3.63, 3.8) is 0 Å². The standard InChI is InChI=1S/C13H13N7/c1-6-4-2-3-5-7(6)8-10(14)18-12-9(17-8)11(15)19-13(16)20-12/h2-5H,1H3,(H6,14,15,16,18,19,20). The van der Waals surface area contributed by atoms with Gasteiger partial charge >= 0.3 is 0 Å². The van der Waals surface area contributed by atoms with Crippen LogP contribution in [0.3, 0.4) is 0 Å². The van der Waals surface area contributed by atoms with Gasteiger partial charge in [0.1, 0.15) is 5.69 Å². The average molecular weight is 267 g/mol. The fourth-order valence-electron chi connectivity index (χ4n) is 2.04. The molecule has 0 aliphatic carbocycles. The highest BCUT2D eigenvalue weighted by Gasteiger charge is 2.13. The zero-order valence-corrected chi connectivity index (χ0v) is 10.8. The monoisotopic (exact) mass is 267 g/mol. The molecule has 0 unspecified atom stereocenters. The second-order valence-corrected chi connectivity index (χ2v) is 4.41. The predicted octanol–water partition coefficient (Wildman–Crippen LogP) is 1.14. The normalized spacial score (nSPS) is 10.8. The third kappa shape index (κ3) is 1.85. The molecule has 0 bridgehead atoms. The van der Waals surface area contributed by atoms with Crippen LogP contribution >= 0.6 is 0 Å². The fraction of sp³-hybridized carbons (Fsp3) is 0.0769. The van der Waals surface area contributed by atoms with E-state index in [0.717, 1.165) is 11.1 Å². The number of fused-ring (bicyclic) bond motifs is 1. The summed E-state index contributed by atoms with van der Waals surface area (Å²) in [6, 6.07) is 7.76. The molecule has 1 aromatic carbocycles. The van der Waals surface area contributed by atoms with Crippen LogP contribution in [-0.4, -0.2) is 19.9 Å². The van der Waals surface area contributed by atoms with E-state index in [4.69, 9.17) is 17.2 Å². The molecule has 0 radical (unpaired) electrons. The topological polar surface area (TPSA) is 130 Å². The Hall–Kier alpha value is -2.96. The first-order valence-corrected chi connectivity index (χ1v) is 5.98. The van der Waals surface area contributed by atoms with Crippen molar-refractivity contribution in [1.29, 1.82) is 0 Å². The maximum absolute atomic E-state index is 5.97. The molecule has 0 saturated heterocycles. The lowest BCUT2D eigenvalue weighted by Crippen LogP contribution is -2.06. The van der Waals surface area contributed by atoms with Crippen molar-refractivity contribution >= 4 is 28.7 Å². The van der Waals surface area contributed by atoms with Crippen molar-refractivity contribution in [2.24, 2.45) is 0 Å². The largest absolute Gasteiger partial charge is 0.382 e. The minimum atomic E-state index is 0.0485. The first-order valence-electron chi connectivity index (χ1n) is 5.98. The van der Waals surface area contributed by atoms with Gasteiger partial charge in [-0.05, 0) is 12.5 Å². The van der Waals surface area contributed by atoms with Gasteiger partial charge in [-0.2, -0.15) is 9.97 Å². The van der Waals surface area contributed by atoms with E-state index in [-0.39, 0.29) is 17.6 Å². The number of benzene rings is 1. The number of hydrogen-bond acceptors (Lipinski definition) is 7. The quantitative estimate of drug-likeness (QED) is 0.602. The van der Waals surface area contributed by atoms with Gasteiger partial charge in [-0.3, -0.25) is 0 Å². The van der Waals surface area contributed by atoms with Crippen LogP contribution in [0, 0.1) is 6.92 Å². The molecular formula is C13H13N7. The summed E-state index contributed by atoms with van der Waals surface area (Å²) in [6.07, 6.45) is 0. The maximum atomic E-state index is 5.97. The number of aromatic nitrogens is 4. The Morgan fingerprint density at radius 3 is 2.35 bits per heavy atom. The Kier molecular flexibility index (Phi) is 2.60. The van der Waals surface area contributed by atoms with E-state index in [2.05, 4.69) is 19.9 Å². The summed E-state index contributed by atoms with van der Waals surface area (Å²) < 4.78 is 0. The Balaban J connectivity index is 2.33. The molecule has 3 aromatic rings.